The molecule has 0 radical (unpaired) electrons. The third-order valence-electron chi connectivity index (χ3n) is 4.51. The molecule has 132 valence electrons. The Balaban J connectivity index is 1.98. The molecule has 0 aromatic heterocycles. The van der Waals surface area contributed by atoms with Crippen LogP contribution in [0, 0.1) is 5.92 Å². The Hall–Kier alpha value is -1.69. The standard InChI is InChI=1S/C18H25NO4S/c1-12-8-4-6-10-15(12)19-17(20)13(2)23-18(21)14-9-5-7-11-16(14)24(3)22/h5,7,9,11-13,15H,4,6,8,10H2,1-3H3,(H,19,20)/t12-,13-,15+,24-/m1/s1. The SMILES string of the molecule is C[C@@H]1CCCC[C@@H]1NC(=O)[C@@H](C)OC(=O)c1ccccc1[S@@](C)=O. The smallest absolute Gasteiger partial charge is 0.340 e. The molecule has 24 heavy (non-hydrogen) atoms. The molecule has 2 rings (SSSR count). The van der Waals surface area contributed by atoms with Crippen LogP contribution in [-0.2, 0) is 20.3 Å². The first-order valence-electron chi connectivity index (χ1n) is 8.34. The van der Waals surface area contributed by atoms with Crippen LogP contribution in [0.2, 0.25) is 0 Å². The van der Waals surface area contributed by atoms with Gasteiger partial charge in [0.05, 0.1) is 21.3 Å². The van der Waals surface area contributed by atoms with Crippen LogP contribution >= 0.6 is 0 Å². The highest BCUT2D eigenvalue weighted by molar-refractivity contribution is 7.84. The highest BCUT2D eigenvalue weighted by Gasteiger charge is 2.27. The Morgan fingerprint density at radius 3 is 2.58 bits per heavy atom. The van der Waals surface area contributed by atoms with Crippen molar-refractivity contribution in [3.05, 3.63) is 29.8 Å². The lowest BCUT2D eigenvalue weighted by Crippen LogP contribution is -2.46. The Kier molecular flexibility index (Phi) is 6.54. The molecule has 0 aliphatic heterocycles. The van der Waals surface area contributed by atoms with Crippen molar-refractivity contribution in [1.29, 1.82) is 0 Å². The fraction of sp³-hybridized carbons (Fsp3) is 0.556. The molecule has 0 heterocycles. The Morgan fingerprint density at radius 2 is 1.92 bits per heavy atom. The van der Waals surface area contributed by atoms with Crippen LogP contribution in [0.4, 0.5) is 0 Å². The van der Waals surface area contributed by atoms with E-state index < -0.39 is 22.9 Å². The minimum atomic E-state index is -1.30. The number of hydrogen-bond acceptors (Lipinski definition) is 4. The molecule has 1 aromatic rings. The molecule has 1 saturated carbocycles. The highest BCUT2D eigenvalue weighted by Crippen LogP contribution is 2.24. The summed E-state index contributed by atoms with van der Waals surface area (Å²) in [6, 6.07) is 6.73. The van der Waals surface area contributed by atoms with Crippen LogP contribution in [0.15, 0.2) is 29.2 Å². The van der Waals surface area contributed by atoms with Crippen molar-refractivity contribution < 1.29 is 18.5 Å². The summed E-state index contributed by atoms with van der Waals surface area (Å²) in [4.78, 5) is 25.0. The van der Waals surface area contributed by atoms with Gasteiger partial charge in [-0.15, -0.1) is 0 Å². The van der Waals surface area contributed by atoms with E-state index in [9.17, 15) is 13.8 Å². The minimum Gasteiger partial charge on any atom is -0.449 e. The molecular formula is C18H25NO4S. The molecule has 1 aliphatic carbocycles. The third-order valence-corrected chi connectivity index (χ3v) is 5.48. The maximum atomic E-state index is 12.3. The van der Waals surface area contributed by atoms with E-state index in [1.807, 2.05) is 0 Å². The lowest BCUT2D eigenvalue weighted by molar-refractivity contribution is -0.130. The maximum absolute atomic E-state index is 12.3. The van der Waals surface area contributed by atoms with Gasteiger partial charge >= 0.3 is 5.97 Å². The normalized spacial score (nSPS) is 23.1. The zero-order valence-corrected chi connectivity index (χ0v) is 15.2. The second kappa shape index (κ2) is 8.42. The average molecular weight is 351 g/mol. The number of esters is 1. The average Bonchev–Trinajstić information content (AvgIpc) is 2.56. The van der Waals surface area contributed by atoms with E-state index in [4.69, 9.17) is 4.74 Å². The monoisotopic (exact) mass is 351 g/mol. The number of nitrogens with one attached hydrogen (secondary N) is 1. The van der Waals surface area contributed by atoms with Gasteiger partial charge in [0.15, 0.2) is 6.10 Å². The number of hydrogen-bond donors (Lipinski definition) is 1. The van der Waals surface area contributed by atoms with E-state index in [-0.39, 0.29) is 17.5 Å². The zero-order chi connectivity index (χ0) is 17.7. The summed E-state index contributed by atoms with van der Waals surface area (Å²) >= 11 is 0. The summed E-state index contributed by atoms with van der Waals surface area (Å²) in [6.07, 6.45) is 5.00. The molecule has 0 bridgehead atoms. The first-order chi connectivity index (χ1) is 11.4. The quantitative estimate of drug-likeness (QED) is 0.828. The number of benzene rings is 1. The molecule has 4 atom stereocenters. The highest BCUT2D eigenvalue weighted by atomic mass is 32.2. The largest absolute Gasteiger partial charge is 0.449 e. The number of amides is 1. The van der Waals surface area contributed by atoms with Crippen LogP contribution in [0.3, 0.4) is 0 Å². The predicted molar refractivity (Wildman–Crippen MR) is 93.2 cm³/mol. The number of carbonyl (C=O) groups excluding carboxylic acids is 2. The number of rotatable bonds is 5. The number of carbonyl (C=O) groups is 2. The Labute approximate surface area is 145 Å². The van der Waals surface area contributed by atoms with E-state index in [1.165, 1.54) is 12.7 Å². The first-order valence-corrected chi connectivity index (χ1v) is 9.89. The molecule has 1 fully saturated rings. The van der Waals surface area contributed by atoms with E-state index in [0.717, 1.165) is 19.3 Å². The van der Waals surface area contributed by atoms with Gasteiger partial charge in [0.25, 0.3) is 5.91 Å². The van der Waals surface area contributed by atoms with Crippen molar-refractivity contribution in [2.45, 2.75) is 56.6 Å². The van der Waals surface area contributed by atoms with Gasteiger partial charge in [0.1, 0.15) is 0 Å². The van der Waals surface area contributed by atoms with Crippen molar-refractivity contribution in [3.8, 4) is 0 Å². The van der Waals surface area contributed by atoms with Gasteiger partial charge in [-0.1, -0.05) is 31.9 Å². The summed E-state index contributed by atoms with van der Waals surface area (Å²) in [5, 5.41) is 2.99. The van der Waals surface area contributed by atoms with Gasteiger partial charge < -0.3 is 10.1 Å². The minimum absolute atomic E-state index is 0.142. The summed E-state index contributed by atoms with van der Waals surface area (Å²) in [5.41, 5.74) is 0.240. The molecule has 1 aliphatic rings. The summed E-state index contributed by atoms with van der Waals surface area (Å²) in [7, 11) is -1.30. The van der Waals surface area contributed by atoms with Crippen LogP contribution in [-0.4, -0.2) is 34.5 Å². The fourth-order valence-corrected chi connectivity index (χ4v) is 3.73. The van der Waals surface area contributed by atoms with E-state index >= 15 is 0 Å². The summed E-state index contributed by atoms with van der Waals surface area (Å²) < 4.78 is 17.0. The van der Waals surface area contributed by atoms with Crippen LogP contribution in [0.1, 0.15) is 49.9 Å². The molecule has 0 saturated heterocycles. The molecule has 0 spiro atoms. The lowest BCUT2D eigenvalue weighted by Gasteiger charge is -2.30. The second-order valence-corrected chi connectivity index (χ2v) is 7.72. The third kappa shape index (κ3) is 4.66. The zero-order valence-electron chi connectivity index (χ0n) is 14.4. The maximum Gasteiger partial charge on any atom is 0.340 e. The fourth-order valence-electron chi connectivity index (χ4n) is 2.99. The van der Waals surface area contributed by atoms with Gasteiger partial charge in [-0.25, -0.2) is 4.79 Å². The second-order valence-electron chi connectivity index (χ2n) is 6.37. The van der Waals surface area contributed by atoms with Crippen molar-refractivity contribution in [3.63, 3.8) is 0 Å². The Bertz CT molecular complexity index is 631. The van der Waals surface area contributed by atoms with E-state index in [0.29, 0.717) is 10.8 Å². The van der Waals surface area contributed by atoms with Gasteiger partial charge in [-0.2, -0.15) is 0 Å². The summed E-state index contributed by atoms with van der Waals surface area (Å²) in [5.74, 6) is -0.466. The molecule has 0 unspecified atom stereocenters. The van der Waals surface area contributed by atoms with Gasteiger partial charge in [0.2, 0.25) is 0 Å². The van der Waals surface area contributed by atoms with Crippen LogP contribution in [0.5, 0.6) is 0 Å². The first kappa shape index (κ1) is 18.6. The van der Waals surface area contributed by atoms with Crippen molar-refractivity contribution in [2.24, 2.45) is 5.92 Å². The Morgan fingerprint density at radius 1 is 1.25 bits per heavy atom. The topological polar surface area (TPSA) is 72.5 Å². The predicted octanol–water partition coefficient (Wildman–Crippen LogP) is 2.66. The van der Waals surface area contributed by atoms with Crippen LogP contribution < -0.4 is 5.32 Å². The summed E-state index contributed by atoms with van der Waals surface area (Å²) in [6.45, 7) is 3.69. The number of ether oxygens (including phenoxy) is 1. The molecular weight excluding hydrogens is 326 g/mol. The molecule has 6 heteroatoms. The van der Waals surface area contributed by atoms with Gasteiger partial charge in [-0.05, 0) is 37.8 Å². The molecule has 5 nitrogen and oxygen atoms in total. The van der Waals surface area contributed by atoms with Gasteiger partial charge in [0, 0.05) is 12.3 Å². The van der Waals surface area contributed by atoms with Gasteiger partial charge in [-0.3, -0.25) is 9.00 Å². The molecule has 1 N–H and O–H groups in total. The van der Waals surface area contributed by atoms with Crippen LogP contribution in [0.25, 0.3) is 0 Å². The van der Waals surface area contributed by atoms with E-state index in [1.54, 1.807) is 31.2 Å². The van der Waals surface area contributed by atoms with Crippen molar-refractivity contribution in [1.82, 2.24) is 5.32 Å². The molecule has 1 amide bonds. The van der Waals surface area contributed by atoms with Crippen molar-refractivity contribution >= 4 is 22.7 Å². The van der Waals surface area contributed by atoms with E-state index in [2.05, 4.69) is 12.2 Å². The van der Waals surface area contributed by atoms with Crippen molar-refractivity contribution in [2.75, 3.05) is 6.26 Å². The molecule has 1 aromatic carbocycles. The lowest BCUT2D eigenvalue weighted by atomic mass is 9.86.